The molecule has 0 aliphatic carbocycles. The minimum absolute atomic E-state index is 0.103. The molecule has 0 rings (SSSR count). The van der Waals surface area contributed by atoms with Crippen LogP contribution in [0, 0.1) is 0 Å². The van der Waals surface area contributed by atoms with Crippen LogP contribution in [-0.4, -0.2) is 12.6 Å². The molecule has 0 saturated heterocycles. The third-order valence-corrected chi connectivity index (χ3v) is 2.35. The van der Waals surface area contributed by atoms with Crippen LogP contribution in [0.15, 0.2) is 24.8 Å². The van der Waals surface area contributed by atoms with E-state index in [2.05, 4.69) is 25.7 Å². The number of carbonyl (C=O) groups is 1. The maximum Gasteiger partial charge on any atom is 0.306 e. The molecule has 0 spiro atoms. The average molecular weight is 224 g/mol. The summed E-state index contributed by atoms with van der Waals surface area (Å²) in [6.45, 7) is 5.88. The standard InChI is InChI=1S/C14H24O2/c1-3-5-6-7-8-9-10-11-12-14(15)16-13-4-2/h3-5H,2,6-13H2,1H3. The van der Waals surface area contributed by atoms with Gasteiger partial charge in [0.1, 0.15) is 6.61 Å². The third kappa shape index (κ3) is 11.0. The summed E-state index contributed by atoms with van der Waals surface area (Å²) >= 11 is 0. The first-order valence-corrected chi connectivity index (χ1v) is 6.19. The van der Waals surface area contributed by atoms with Crippen LogP contribution in [0.25, 0.3) is 0 Å². The van der Waals surface area contributed by atoms with Gasteiger partial charge in [-0.05, 0) is 26.2 Å². The van der Waals surface area contributed by atoms with Crippen LogP contribution < -0.4 is 0 Å². The van der Waals surface area contributed by atoms with Crippen molar-refractivity contribution in [1.82, 2.24) is 0 Å². The minimum atomic E-state index is -0.103. The van der Waals surface area contributed by atoms with E-state index in [1.54, 1.807) is 6.08 Å². The number of esters is 1. The Morgan fingerprint density at radius 2 is 1.88 bits per heavy atom. The molecule has 0 atom stereocenters. The largest absolute Gasteiger partial charge is 0.461 e. The summed E-state index contributed by atoms with van der Waals surface area (Å²) in [5.74, 6) is -0.103. The Labute approximate surface area is 99.4 Å². The van der Waals surface area contributed by atoms with E-state index in [0.29, 0.717) is 13.0 Å². The lowest BCUT2D eigenvalue weighted by Gasteiger charge is -2.01. The van der Waals surface area contributed by atoms with Crippen molar-refractivity contribution < 1.29 is 9.53 Å². The second-order valence-corrected chi connectivity index (χ2v) is 3.85. The average Bonchev–Trinajstić information content (AvgIpc) is 2.30. The van der Waals surface area contributed by atoms with E-state index in [4.69, 9.17) is 4.74 Å². The highest BCUT2D eigenvalue weighted by Gasteiger charge is 2.00. The van der Waals surface area contributed by atoms with Crippen molar-refractivity contribution in [3.05, 3.63) is 24.8 Å². The first kappa shape index (κ1) is 14.9. The summed E-state index contributed by atoms with van der Waals surface area (Å²) in [5.41, 5.74) is 0. The number of hydrogen-bond donors (Lipinski definition) is 0. The fraction of sp³-hybridized carbons (Fsp3) is 0.643. The number of allylic oxidation sites excluding steroid dienone is 2. The predicted octanol–water partition coefficient (Wildman–Crippen LogP) is 4.02. The molecule has 2 heteroatoms. The maximum atomic E-state index is 11.1. The summed E-state index contributed by atoms with van der Waals surface area (Å²) in [4.78, 5) is 11.1. The highest BCUT2D eigenvalue weighted by molar-refractivity contribution is 5.69. The number of ether oxygens (including phenoxy) is 1. The zero-order valence-electron chi connectivity index (χ0n) is 10.4. The fourth-order valence-corrected chi connectivity index (χ4v) is 1.45. The highest BCUT2D eigenvalue weighted by Crippen LogP contribution is 2.08. The number of rotatable bonds is 10. The molecule has 0 aromatic rings. The number of unbranched alkanes of at least 4 members (excludes halogenated alkanes) is 5. The van der Waals surface area contributed by atoms with Gasteiger partial charge in [-0.25, -0.2) is 0 Å². The van der Waals surface area contributed by atoms with Gasteiger partial charge in [-0.1, -0.05) is 44.1 Å². The quantitative estimate of drug-likeness (QED) is 0.318. The molecule has 0 radical (unpaired) electrons. The topological polar surface area (TPSA) is 26.3 Å². The number of carbonyl (C=O) groups excluding carboxylic acids is 1. The van der Waals surface area contributed by atoms with Gasteiger partial charge >= 0.3 is 5.97 Å². The second kappa shape index (κ2) is 12.0. The molecule has 0 saturated carbocycles. The third-order valence-electron chi connectivity index (χ3n) is 2.35. The first-order chi connectivity index (χ1) is 7.81. The van der Waals surface area contributed by atoms with Crippen molar-refractivity contribution in [2.45, 2.75) is 51.9 Å². The molecule has 92 valence electrons. The van der Waals surface area contributed by atoms with Crippen molar-refractivity contribution >= 4 is 5.97 Å². The molecule has 0 aliphatic heterocycles. The normalized spacial score (nSPS) is 10.6. The molecule has 0 aromatic carbocycles. The van der Waals surface area contributed by atoms with E-state index >= 15 is 0 Å². The molecule has 0 aromatic heterocycles. The first-order valence-electron chi connectivity index (χ1n) is 6.19. The van der Waals surface area contributed by atoms with Gasteiger partial charge in [-0.2, -0.15) is 0 Å². The summed E-state index contributed by atoms with van der Waals surface area (Å²) in [6, 6.07) is 0. The van der Waals surface area contributed by atoms with E-state index in [1.165, 1.54) is 25.7 Å². The molecule has 16 heavy (non-hydrogen) atoms. The van der Waals surface area contributed by atoms with E-state index in [1.807, 2.05) is 0 Å². The predicted molar refractivity (Wildman–Crippen MR) is 68.3 cm³/mol. The minimum Gasteiger partial charge on any atom is -0.461 e. The second-order valence-electron chi connectivity index (χ2n) is 3.85. The zero-order valence-corrected chi connectivity index (χ0v) is 10.4. The van der Waals surface area contributed by atoms with Gasteiger partial charge in [-0.15, -0.1) is 0 Å². The molecule has 2 nitrogen and oxygen atoms in total. The Morgan fingerprint density at radius 1 is 1.19 bits per heavy atom. The Kier molecular flexibility index (Phi) is 11.2. The van der Waals surface area contributed by atoms with Crippen LogP contribution >= 0.6 is 0 Å². The number of hydrogen-bond acceptors (Lipinski definition) is 2. The van der Waals surface area contributed by atoms with Crippen LogP contribution in [0.5, 0.6) is 0 Å². The van der Waals surface area contributed by atoms with Gasteiger partial charge in [0.05, 0.1) is 0 Å². The lowest BCUT2D eigenvalue weighted by Crippen LogP contribution is -2.03. The van der Waals surface area contributed by atoms with Crippen LogP contribution in [0.4, 0.5) is 0 Å². The van der Waals surface area contributed by atoms with Crippen LogP contribution in [-0.2, 0) is 9.53 Å². The molecule has 0 unspecified atom stereocenters. The Balaban J connectivity index is 3.14. The summed E-state index contributed by atoms with van der Waals surface area (Å²) in [5, 5.41) is 0. The van der Waals surface area contributed by atoms with Gasteiger partial charge in [0.2, 0.25) is 0 Å². The molecule has 0 bridgehead atoms. The van der Waals surface area contributed by atoms with Crippen molar-refractivity contribution in [3.8, 4) is 0 Å². The van der Waals surface area contributed by atoms with Gasteiger partial charge in [0.25, 0.3) is 0 Å². The lowest BCUT2D eigenvalue weighted by atomic mass is 10.1. The van der Waals surface area contributed by atoms with Crippen LogP contribution in [0.2, 0.25) is 0 Å². The van der Waals surface area contributed by atoms with E-state index < -0.39 is 0 Å². The Morgan fingerprint density at radius 3 is 2.56 bits per heavy atom. The van der Waals surface area contributed by atoms with Gasteiger partial charge < -0.3 is 4.74 Å². The van der Waals surface area contributed by atoms with Crippen molar-refractivity contribution in [2.75, 3.05) is 6.61 Å². The lowest BCUT2D eigenvalue weighted by molar-refractivity contribution is -0.142. The molecule has 0 fully saturated rings. The monoisotopic (exact) mass is 224 g/mol. The van der Waals surface area contributed by atoms with Crippen molar-refractivity contribution in [2.24, 2.45) is 0 Å². The molecule has 0 heterocycles. The fourth-order valence-electron chi connectivity index (χ4n) is 1.45. The van der Waals surface area contributed by atoms with E-state index in [-0.39, 0.29) is 5.97 Å². The summed E-state index contributed by atoms with van der Waals surface area (Å²) < 4.78 is 4.88. The smallest absolute Gasteiger partial charge is 0.306 e. The van der Waals surface area contributed by atoms with Gasteiger partial charge in [-0.3, -0.25) is 4.79 Å². The van der Waals surface area contributed by atoms with Crippen LogP contribution in [0.3, 0.4) is 0 Å². The highest BCUT2D eigenvalue weighted by atomic mass is 16.5. The molecular formula is C14H24O2. The maximum absolute atomic E-state index is 11.1. The summed E-state index contributed by atoms with van der Waals surface area (Å²) in [7, 11) is 0. The van der Waals surface area contributed by atoms with Gasteiger partial charge in [0.15, 0.2) is 0 Å². The molecular weight excluding hydrogens is 200 g/mol. The Bertz CT molecular complexity index is 207. The van der Waals surface area contributed by atoms with Crippen molar-refractivity contribution in [3.63, 3.8) is 0 Å². The van der Waals surface area contributed by atoms with E-state index in [9.17, 15) is 4.79 Å². The van der Waals surface area contributed by atoms with Crippen LogP contribution in [0.1, 0.15) is 51.9 Å². The summed E-state index contributed by atoms with van der Waals surface area (Å²) in [6.07, 6.45) is 13.4. The SMILES string of the molecule is C=CCOC(=O)CCCCCCCC=CC. The van der Waals surface area contributed by atoms with E-state index in [0.717, 1.165) is 12.8 Å². The Hall–Kier alpha value is -1.05. The zero-order chi connectivity index (χ0) is 12.1. The molecule has 0 aliphatic rings. The molecule has 0 N–H and O–H groups in total. The van der Waals surface area contributed by atoms with Gasteiger partial charge in [0, 0.05) is 6.42 Å². The molecule has 0 amide bonds. The van der Waals surface area contributed by atoms with Crippen molar-refractivity contribution in [1.29, 1.82) is 0 Å².